The smallest absolute Gasteiger partial charge is 0.146 e. The molecule has 0 saturated carbocycles. The lowest BCUT2D eigenvalue weighted by Gasteiger charge is -2.28. The Bertz CT molecular complexity index is 842. The van der Waals surface area contributed by atoms with Crippen LogP contribution in [-0.2, 0) is 0 Å². The summed E-state index contributed by atoms with van der Waals surface area (Å²) < 4.78 is 11.2. The van der Waals surface area contributed by atoms with Crippen LogP contribution in [-0.4, -0.2) is 31.9 Å². The van der Waals surface area contributed by atoms with E-state index in [4.69, 9.17) is 14.5 Å². The molecule has 30 heavy (non-hydrogen) atoms. The minimum atomic E-state index is -0.0382. The van der Waals surface area contributed by atoms with E-state index in [1.807, 2.05) is 24.4 Å². The molecule has 0 radical (unpaired) electrons. The fourth-order valence-electron chi connectivity index (χ4n) is 3.67. The van der Waals surface area contributed by atoms with Gasteiger partial charge in [0.15, 0.2) is 0 Å². The van der Waals surface area contributed by atoms with Gasteiger partial charge < -0.3 is 14.4 Å². The Labute approximate surface area is 181 Å². The maximum absolute atomic E-state index is 5.90. The van der Waals surface area contributed by atoms with Gasteiger partial charge in [-0.1, -0.05) is 63.3 Å². The third-order valence-electron chi connectivity index (χ3n) is 5.43. The number of unbranched alkanes of at least 4 members (excludes halogenated alkanes) is 5. The van der Waals surface area contributed by atoms with Crippen molar-refractivity contribution in [3.8, 4) is 11.5 Å². The highest BCUT2D eigenvalue weighted by Crippen LogP contribution is 2.30. The molecule has 0 aromatic heterocycles. The Morgan fingerprint density at radius 1 is 0.933 bits per heavy atom. The van der Waals surface area contributed by atoms with Crippen LogP contribution in [0.15, 0.2) is 59.7 Å². The van der Waals surface area contributed by atoms with Crippen LogP contribution < -0.4 is 9.47 Å². The largest absolute Gasteiger partial charge is 0.497 e. The summed E-state index contributed by atoms with van der Waals surface area (Å²) in [5.41, 5.74) is 3.35. The van der Waals surface area contributed by atoms with Crippen LogP contribution in [0.1, 0.15) is 62.7 Å². The van der Waals surface area contributed by atoms with Gasteiger partial charge in [-0.05, 0) is 36.2 Å². The summed E-state index contributed by atoms with van der Waals surface area (Å²) >= 11 is 0. The van der Waals surface area contributed by atoms with Gasteiger partial charge >= 0.3 is 0 Å². The van der Waals surface area contributed by atoms with E-state index in [-0.39, 0.29) is 6.17 Å². The molecule has 160 valence electrons. The fourth-order valence-corrected chi connectivity index (χ4v) is 3.67. The zero-order valence-electron chi connectivity index (χ0n) is 18.5. The molecule has 0 aliphatic carbocycles. The van der Waals surface area contributed by atoms with E-state index >= 15 is 0 Å². The lowest BCUT2D eigenvalue weighted by atomic mass is 10.1. The van der Waals surface area contributed by atoms with Crippen molar-refractivity contribution in [2.45, 2.75) is 51.6 Å². The maximum Gasteiger partial charge on any atom is 0.146 e. The maximum atomic E-state index is 5.90. The van der Waals surface area contributed by atoms with Gasteiger partial charge in [0.05, 0.1) is 13.7 Å². The number of allylic oxidation sites excluding steroid dienone is 1. The van der Waals surface area contributed by atoms with E-state index in [0.29, 0.717) is 0 Å². The number of aliphatic imine (C=N–C) groups is 1. The van der Waals surface area contributed by atoms with Crippen LogP contribution in [0.3, 0.4) is 0 Å². The molecule has 0 fully saturated rings. The Kier molecular flexibility index (Phi) is 8.37. The zero-order chi connectivity index (χ0) is 21.2. The first kappa shape index (κ1) is 21.9. The Balaban J connectivity index is 1.52. The standard InChI is InChI=1S/C26H34N2O2/c1-4-5-6-7-8-9-17-30-24-15-13-21(14-16-24)23-19-27-26(28(2)20-23)22-11-10-12-25(18-22)29-3/h10-16,18-20,26H,4-9,17H2,1-3H3. The molecule has 2 aromatic carbocycles. The molecule has 0 bridgehead atoms. The van der Waals surface area contributed by atoms with E-state index in [1.54, 1.807) is 7.11 Å². The van der Waals surface area contributed by atoms with Crippen LogP contribution in [0, 0.1) is 0 Å². The second kappa shape index (κ2) is 11.4. The highest BCUT2D eigenvalue weighted by atomic mass is 16.5. The van der Waals surface area contributed by atoms with E-state index < -0.39 is 0 Å². The van der Waals surface area contributed by atoms with Gasteiger partial charge in [0.1, 0.15) is 17.7 Å². The summed E-state index contributed by atoms with van der Waals surface area (Å²) in [5.74, 6) is 1.78. The number of rotatable bonds is 11. The molecule has 2 aromatic rings. The first-order valence-corrected chi connectivity index (χ1v) is 11.1. The average molecular weight is 407 g/mol. The van der Waals surface area contributed by atoms with Crippen molar-refractivity contribution in [2.75, 3.05) is 20.8 Å². The van der Waals surface area contributed by atoms with Gasteiger partial charge in [-0.2, -0.15) is 0 Å². The van der Waals surface area contributed by atoms with Crippen molar-refractivity contribution >= 4 is 11.8 Å². The van der Waals surface area contributed by atoms with Crippen molar-refractivity contribution in [1.82, 2.24) is 4.90 Å². The number of hydrogen-bond acceptors (Lipinski definition) is 4. The van der Waals surface area contributed by atoms with Gasteiger partial charge in [0, 0.05) is 30.6 Å². The minimum absolute atomic E-state index is 0.0382. The van der Waals surface area contributed by atoms with Crippen LogP contribution in [0.25, 0.3) is 5.57 Å². The molecule has 4 heteroatoms. The van der Waals surface area contributed by atoms with Crippen LogP contribution in [0.4, 0.5) is 0 Å². The fraction of sp³-hybridized carbons (Fsp3) is 0.423. The molecule has 3 rings (SSSR count). The van der Waals surface area contributed by atoms with Crippen molar-refractivity contribution in [3.63, 3.8) is 0 Å². The molecule has 1 atom stereocenters. The Morgan fingerprint density at radius 3 is 2.43 bits per heavy atom. The molecule has 0 saturated heterocycles. The lowest BCUT2D eigenvalue weighted by molar-refractivity contribution is 0.304. The third-order valence-corrected chi connectivity index (χ3v) is 5.43. The van der Waals surface area contributed by atoms with Gasteiger partial charge in [0.25, 0.3) is 0 Å². The molecule has 0 spiro atoms. The minimum Gasteiger partial charge on any atom is -0.497 e. The number of hydrogen-bond donors (Lipinski definition) is 0. The van der Waals surface area contributed by atoms with Gasteiger partial charge in [0.2, 0.25) is 0 Å². The van der Waals surface area contributed by atoms with Crippen LogP contribution >= 0.6 is 0 Å². The van der Waals surface area contributed by atoms with E-state index in [2.05, 4.69) is 55.4 Å². The summed E-state index contributed by atoms with van der Waals surface area (Å²) in [6, 6.07) is 16.4. The van der Waals surface area contributed by atoms with Crippen molar-refractivity contribution < 1.29 is 9.47 Å². The van der Waals surface area contributed by atoms with E-state index in [1.165, 1.54) is 32.1 Å². The normalized spacial score (nSPS) is 15.8. The van der Waals surface area contributed by atoms with E-state index in [9.17, 15) is 0 Å². The molecular formula is C26H34N2O2. The summed E-state index contributed by atoms with van der Waals surface area (Å²) in [4.78, 5) is 6.91. The molecular weight excluding hydrogens is 372 g/mol. The highest BCUT2D eigenvalue weighted by molar-refractivity contribution is 6.10. The van der Waals surface area contributed by atoms with Gasteiger partial charge in [-0.15, -0.1) is 0 Å². The summed E-state index contributed by atoms with van der Waals surface area (Å²) in [5, 5.41) is 0. The predicted octanol–water partition coefficient (Wildman–Crippen LogP) is 6.49. The number of nitrogens with zero attached hydrogens (tertiary/aromatic N) is 2. The number of methoxy groups -OCH3 is 1. The molecule has 4 nitrogen and oxygen atoms in total. The first-order valence-electron chi connectivity index (χ1n) is 11.1. The highest BCUT2D eigenvalue weighted by Gasteiger charge is 2.18. The SMILES string of the molecule is CCCCCCCCOc1ccc(C2=CN(C)C(c3cccc(OC)c3)N=C2)cc1. The van der Waals surface area contributed by atoms with E-state index in [0.717, 1.165) is 41.2 Å². The Hall–Kier alpha value is -2.75. The second-order valence-corrected chi connectivity index (χ2v) is 7.82. The molecule has 1 heterocycles. The zero-order valence-corrected chi connectivity index (χ0v) is 18.5. The van der Waals surface area contributed by atoms with Crippen molar-refractivity contribution in [3.05, 3.63) is 65.9 Å². The van der Waals surface area contributed by atoms with Crippen molar-refractivity contribution in [2.24, 2.45) is 4.99 Å². The summed E-state index contributed by atoms with van der Waals surface area (Å²) in [7, 11) is 3.74. The predicted molar refractivity (Wildman–Crippen MR) is 125 cm³/mol. The van der Waals surface area contributed by atoms with Gasteiger partial charge in [-0.3, -0.25) is 4.99 Å². The molecule has 0 amide bonds. The first-order chi connectivity index (χ1) is 14.7. The van der Waals surface area contributed by atoms with Crippen LogP contribution in [0.2, 0.25) is 0 Å². The topological polar surface area (TPSA) is 34.1 Å². The number of benzene rings is 2. The Morgan fingerprint density at radius 2 is 1.70 bits per heavy atom. The second-order valence-electron chi connectivity index (χ2n) is 7.82. The number of ether oxygens (including phenoxy) is 2. The average Bonchev–Trinajstić information content (AvgIpc) is 2.79. The lowest BCUT2D eigenvalue weighted by Crippen LogP contribution is -2.21. The molecule has 0 N–H and O–H groups in total. The third kappa shape index (κ3) is 6.12. The van der Waals surface area contributed by atoms with Crippen LogP contribution in [0.5, 0.6) is 11.5 Å². The molecule has 1 aliphatic heterocycles. The summed E-state index contributed by atoms with van der Waals surface area (Å²) in [6.45, 7) is 3.04. The molecule has 1 aliphatic rings. The monoisotopic (exact) mass is 406 g/mol. The van der Waals surface area contributed by atoms with Crippen molar-refractivity contribution in [1.29, 1.82) is 0 Å². The quantitative estimate of drug-likeness (QED) is 0.400. The molecule has 1 unspecified atom stereocenters. The van der Waals surface area contributed by atoms with Gasteiger partial charge in [-0.25, -0.2) is 0 Å². The summed E-state index contributed by atoms with van der Waals surface area (Å²) in [6.07, 6.45) is 11.7.